The number of para-hydroxylation sites is 1. The van der Waals surface area contributed by atoms with Crippen LogP contribution in [0.4, 0.5) is 5.69 Å². The highest BCUT2D eigenvalue weighted by atomic mass is 79.9. The smallest absolute Gasteiger partial charge is 0.246 e. The summed E-state index contributed by atoms with van der Waals surface area (Å²) < 4.78 is 4.90. The number of halogens is 1. The van der Waals surface area contributed by atoms with Crippen LogP contribution in [-0.4, -0.2) is 20.3 Å². The highest BCUT2D eigenvalue weighted by molar-refractivity contribution is 9.10. The van der Waals surface area contributed by atoms with Gasteiger partial charge in [-0.3, -0.25) is 9.36 Å². The predicted molar refractivity (Wildman–Crippen MR) is 130 cm³/mol. The van der Waals surface area contributed by atoms with Crippen molar-refractivity contribution in [1.82, 2.24) is 14.3 Å². The fourth-order valence-electron chi connectivity index (χ4n) is 3.39. The lowest BCUT2D eigenvalue weighted by atomic mass is 10.1. The van der Waals surface area contributed by atoms with E-state index in [1.165, 1.54) is 0 Å². The number of carbonyl (C=O) groups is 1. The van der Waals surface area contributed by atoms with Gasteiger partial charge in [-0.1, -0.05) is 64.0 Å². The predicted octanol–water partition coefficient (Wildman–Crippen LogP) is 6.09. The number of anilines is 1. The molecule has 0 aliphatic carbocycles. The molecule has 0 fully saturated rings. The third kappa shape index (κ3) is 4.68. The number of nitrogens with one attached hydrogen (secondary N) is 1. The Morgan fingerprint density at radius 1 is 1.03 bits per heavy atom. The van der Waals surface area contributed by atoms with Crippen LogP contribution in [0.3, 0.4) is 0 Å². The largest absolute Gasteiger partial charge is 0.324 e. The molecule has 0 aliphatic heterocycles. The van der Waals surface area contributed by atoms with E-state index in [0.717, 1.165) is 32.5 Å². The first-order valence-electron chi connectivity index (χ1n) is 9.81. The Labute approximate surface area is 194 Å². The second-order valence-electron chi connectivity index (χ2n) is 7.31. The summed E-state index contributed by atoms with van der Waals surface area (Å²) >= 11 is 9.19. The molecule has 0 unspecified atom stereocenters. The molecule has 0 bridgehead atoms. The number of aromatic nitrogens is 3. The zero-order valence-corrected chi connectivity index (χ0v) is 19.6. The molecule has 0 aliphatic rings. The van der Waals surface area contributed by atoms with Crippen molar-refractivity contribution in [1.29, 1.82) is 0 Å². The molecule has 0 saturated carbocycles. The van der Waals surface area contributed by atoms with Crippen molar-refractivity contribution in [3.8, 4) is 17.1 Å². The molecule has 0 spiro atoms. The molecule has 4 rings (SSSR count). The third-order valence-electron chi connectivity index (χ3n) is 4.91. The van der Waals surface area contributed by atoms with Gasteiger partial charge in [-0.05, 0) is 62.0 Å². The molecule has 3 aromatic carbocycles. The molecule has 31 heavy (non-hydrogen) atoms. The zero-order valence-electron chi connectivity index (χ0n) is 17.2. The van der Waals surface area contributed by atoms with E-state index in [1.54, 1.807) is 4.68 Å². The first-order valence-corrected chi connectivity index (χ1v) is 11.0. The molecular weight excluding hydrogens is 472 g/mol. The second-order valence-corrected chi connectivity index (χ2v) is 8.59. The average molecular weight is 493 g/mol. The Kier molecular flexibility index (Phi) is 6.15. The SMILES string of the molecule is Cc1ccc(NC(=O)Cn2nc(-c3ccc(Br)cc3)n(-c3ccccc3)c2=S)c(C)c1. The number of nitrogens with zero attached hydrogens (tertiary/aromatic N) is 3. The number of rotatable bonds is 5. The number of aryl methyl sites for hydroxylation is 2. The van der Waals surface area contributed by atoms with E-state index in [2.05, 4.69) is 21.2 Å². The summed E-state index contributed by atoms with van der Waals surface area (Å²) in [5, 5.41) is 7.67. The Bertz CT molecular complexity index is 1290. The van der Waals surface area contributed by atoms with Crippen LogP contribution in [0, 0.1) is 18.6 Å². The van der Waals surface area contributed by atoms with Gasteiger partial charge in [-0.2, -0.15) is 5.10 Å². The molecule has 0 atom stereocenters. The lowest BCUT2D eigenvalue weighted by Crippen LogP contribution is -2.20. The van der Waals surface area contributed by atoms with Gasteiger partial charge in [0.05, 0.1) is 0 Å². The van der Waals surface area contributed by atoms with E-state index in [4.69, 9.17) is 17.3 Å². The number of carbonyl (C=O) groups excluding carboxylic acids is 1. The number of amides is 1. The lowest BCUT2D eigenvalue weighted by Gasteiger charge is -2.09. The average Bonchev–Trinajstić information content (AvgIpc) is 3.07. The number of hydrogen-bond acceptors (Lipinski definition) is 3. The van der Waals surface area contributed by atoms with E-state index in [-0.39, 0.29) is 12.5 Å². The van der Waals surface area contributed by atoms with Gasteiger partial charge in [0.1, 0.15) is 6.54 Å². The molecule has 1 heterocycles. The highest BCUT2D eigenvalue weighted by Gasteiger charge is 2.16. The molecule has 0 saturated heterocycles. The van der Waals surface area contributed by atoms with Gasteiger partial charge in [0.25, 0.3) is 0 Å². The minimum atomic E-state index is -0.178. The van der Waals surface area contributed by atoms with E-state index in [0.29, 0.717) is 10.6 Å². The van der Waals surface area contributed by atoms with E-state index < -0.39 is 0 Å². The molecule has 1 amide bonds. The van der Waals surface area contributed by atoms with Crippen LogP contribution in [0.5, 0.6) is 0 Å². The van der Waals surface area contributed by atoms with Crippen molar-refractivity contribution in [3.63, 3.8) is 0 Å². The van der Waals surface area contributed by atoms with Crippen molar-refractivity contribution >= 4 is 39.7 Å². The molecule has 0 radical (unpaired) electrons. The Hall–Kier alpha value is -3.03. The topological polar surface area (TPSA) is 51.9 Å². The summed E-state index contributed by atoms with van der Waals surface area (Å²) in [5.41, 5.74) is 4.76. The van der Waals surface area contributed by atoms with Crippen LogP contribution in [0.15, 0.2) is 77.3 Å². The van der Waals surface area contributed by atoms with Gasteiger partial charge in [0, 0.05) is 21.4 Å². The lowest BCUT2D eigenvalue weighted by molar-refractivity contribution is -0.116. The monoisotopic (exact) mass is 492 g/mol. The summed E-state index contributed by atoms with van der Waals surface area (Å²) in [6.45, 7) is 4.03. The molecule has 5 nitrogen and oxygen atoms in total. The van der Waals surface area contributed by atoms with Gasteiger partial charge < -0.3 is 5.32 Å². The summed E-state index contributed by atoms with van der Waals surface area (Å²) in [7, 11) is 0. The summed E-state index contributed by atoms with van der Waals surface area (Å²) in [4.78, 5) is 12.8. The van der Waals surface area contributed by atoms with Gasteiger partial charge in [0.2, 0.25) is 10.7 Å². The Morgan fingerprint density at radius 3 is 2.42 bits per heavy atom. The fraction of sp³-hybridized carbons (Fsp3) is 0.125. The quantitative estimate of drug-likeness (QED) is 0.343. The van der Waals surface area contributed by atoms with Crippen molar-refractivity contribution in [3.05, 3.63) is 93.2 Å². The van der Waals surface area contributed by atoms with Crippen LogP contribution >= 0.6 is 28.1 Å². The number of benzene rings is 3. The first kappa shape index (κ1) is 21.2. The molecule has 1 aromatic heterocycles. The van der Waals surface area contributed by atoms with Crippen molar-refractivity contribution < 1.29 is 4.79 Å². The maximum absolute atomic E-state index is 12.8. The maximum Gasteiger partial charge on any atom is 0.246 e. The minimum absolute atomic E-state index is 0.0233. The van der Waals surface area contributed by atoms with Crippen LogP contribution in [-0.2, 0) is 11.3 Å². The van der Waals surface area contributed by atoms with Crippen LogP contribution in [0.25, 0.3) is 17.1 Å². The van der Waals surface area contributed by atoms with Gasteiger partial charge in [0.15, 0.2) is 5.82 Å². The molecule has 1 N–H and O–H groups in total. The highest BCUT2D eigenvalue weighted by Crippen LogP contribution is 2.24. The number of hydrogen-bond donors (Lipinski definition) is 1. The molecule has 4 aromatic rings. The van der Waals surface area contributed by atoms with Crippen molar-refractivity contribution in [2.75, 3.05) is 5.32 Å². The maximum atomic E-state index is 12.8. The minimum Gasteiger partial charge on any atom is -0.324 e. The Balaban J connectivity index is 1.70. The fourth-order valence-corrected chi connectivity index (χ4v) is 3.95. The van der Waals surface area contributed by atoms with Gasteiger partial charge in [-0.15, -0.1) is 0 Å². The molecule has 156 valence electrons. The van der Waals surface area contributed by atoms with E-state index in [1.807, 2.05) is 91.2 Å². The summed E-state index contributed by atoms with van der Waals surface area (Å²) in [5.74, 6) is 0.506. The zero-order chi connectivity index (χ0) is 22.0. The van der Waals surface area contributed by atoms with Crippen LogP contribution in [0.2, 0.25) is 0 Å². The van der Waals surface area contributed by atoms with Gasteiger partial charge in [-0.25, -0.2) is 4.68 Å². The van der Waals surface area contributed by atoms with Crippen molar-refractivity contribution in [2.45, 2.75) is 20.4 Å². The van der Waals surface area contributed by atoms with E-state index in [9.17, 15) is 4.79 Å². The van der Waals surface area contributed by atoms with Crippen LogP contribution < -0.4 is 5.32 Å². The first-order chi connectivity index (χ1) is 14.9. The normalized spacial score (nSPS) is 10.8. The third-order valence-corrected chi connectivity index (χ3v) is 5.83. The summed E-state index contributed by atoms with van der Waals surface area (Å²) in [6.07, 6.45) is 0. The molecular formula is C24H21BrN4OS. The van der Waals surface area contributed by atoms with Gasteiger partial charge >= 0.3 is 0 Å². The second kappa shape index (κ2) is 8.99. The Morgan fingerprint density at radius 2 is 1.74 bits per heavy atom. The summed E-state index contributed by atoms with van der Waals surface area (Å²) in [6, 6.07) is 23.6. The van der Waals surface area contributed by atoms with Crippen molar-refractivity contribution in [2.24, 2.45) is 0 Å². The standard InChI is InChI=1S/C24H21BrN4OS/c1-16-8-13-21(17(2)14-16)26-22(30)15-28-24(31)29(20-6-4-3-5-7-20)23(27-28)18-9-11-19(25)12-10-18/h3-14H,15H2,1-2H3,(H,26,30). The van der Waals surface area contributed by atoms with E-state index >= 15 is 0 Å². The van der Waals surface area contributed by atoms with Crippen LogP contribution in [0.1, 0.15) is 11.1 Å². The molecule has 7 heteroatoms.